The van der Waals surface area contributed by atoms with Crippen LogP contribution in [0.3, 0.4) is 0 Å². The van der Waals surface area contributed by atoms with Crippen LogP contribution in [-0.4, -0.2) is 22.2 Å². The van der Waals surface area contributed by atoms with E-state index in [4.69, 9.17) is 4.74 Å². The van der Waals surface area contributed by atoms with E-state index in [2.05, 4.69) is 67.6 Å². The second kappa shape index (κ2) is 7.13. The van der Waals surface area contributed by atoms with Gasteiger partial charge in [0.15, 0.2) is 0 Å². The maximum Gasteiger partial charge on any atom is 0.141 e. The van der Waals surface area contributed by atoms with Gasteiger partial charge in [0.05, 0.1) is 19.2 Å². The molecule has 4 aromatic rings. The Hall–Kier alpha value is -2.96. The molecule has 0 atom stereocenters. The van der Waals surface area contributed by atoms with Gasteiger partial charge in [-0.15, -0.1) is 0 Å². The van der Waals surface area contributed by atoms with Crippen LogP contribution in [-0.2, 0) is 13.0 Å². The van der Waals surface area contributed by atoms with Crippen molar-refractivity contribution in [2.24, 2.45) is 0 Å². The molecule has 2 N–H and O–H groups in total. The highest BCUT2D eigenvalue weighted by Crippen LogP contribution is 2.39. The zero-order valence-electron chi connectivity index (χ0n) is 15.7. The van der Waals surface area contributed by atoms with Crippen LogP contribution in [0.5, 0.6) is 5.75 Å². The van der Waals surface area contributed by atoms with E-state index in [9.17, 15) is 5.11 Å². The minimum atomic E-state index is -0.104. The lowest BCUT2D eigenvalue weighted by molar-refractivity contribution is 0.274. The van der Waals surface area contributed by atoms with Crippen LogP contribution in [0.2, 0.25) is 0 Å². The molecule has 1 heterocycles. The molecule has 6 heteroatoms. The molecule has 0 fully saturated rings. The molecular weight excluding hydrogens is 430 g/mol. The maximum absolute atomic E-state index is 9.55. The van der Waals surface area contributed by atoms with Crippen molar-refractivity contribution in [3.05, 3.63) is 76.0 Å². The van der Waals surface area contributed by atoms with Crippen molar-refractivity contribution in [1.29, 1.82) is 0 Å². The van der Waals surface area contributed by atoms with Gasteiger partial charge in [-0.05, 0) is 65.1 Å². The summed E-state index contributed by atoms with van der Waals surface area (Å²) in [7, 11) is 1.59. The molecule has 0 unspecified atom stereocenters. The van der Waals surface area contributed by atoms with Crippen LogP contribution in [0.25, 0.3) is 22.0 Å². The predicted octanol–water partition coefficient (Wildman–Crippen LogP) is 5.21. The molecule has 144 valence electrons. The van der Waals surface area contributed by atoms with Gasteiger partial charge < -0.3 is 15.2 Å². The number of rotatable bonds is 4. The fraction of sp³-hybridized carbons (Fsp3) is 0.130. The average molecular weight is 448 g/mol. The zero-order valence-corrected chi connectivity index (χ0v) is 17.3. The van der Waals surface area contributed by atoms with Gasteiger partial charge in [0.25, 0.3) is 0 Å². The molecule has 1 aliphatic rings. The number of ether oxygens (including phenoxy) is 1. The molecule has 5 rings (SSSR count). The van der Waals surface area contributed by atoms with Gasteiger partial charge in [-0.3, -0.25) is 0 Å². The van der Waals surface area contributed by atoms with E-state index in [1.807, 2.05) is 12.1 Å². The van der Waals surface area contributed by atoms with Crippen molar-refractivity contribution in [1.82, 2.24) is 9.97 Å². The first-order valence-corrected chi connectivity index (χ1v) is 10.1. The number of aliphatic hydroxyl groups is 1. The predicted molar refractivity (Wildman–Crippen MR) is 118 cm³/mol. The van der Waals surface area contributed by atoms with Crippen molar-refractivity contribution < 1.29 is 9.84 Å². The molecule has 0 amide bonds. The lowest BCUT2D eigenvalue weighted by Crippen LogP contribution is -1.99. The zero-order chi connectivity index (χ0) is 20.0. The van der Waals surface area contributed by atoms with E-state index >= 15 is 0 Å². The summed E-state index contributed by atoms with van der Waals surface area (Å²) in [6.45, 7) is -0.104. The van der Waals surface area contributed by atoms with E-state index < -0.39 is 0 Å². The highest BCUT2D eigenvalue weighted by atomic mass is 79.9. The molecule has 1 aromatic heterocycles. The number of nitrogens with zero attached hydrogens (tertiary/aromatic N) is 2. The summed E-state index contributed by atoms with van der Waals surface area (Å²) in [4.78, 5) is 8.77. The third kappa shape index (κ3) is 3.14. The SMILES string of the molecule is COc1cc2c(Nc3ccc4c(c3)Cc3cc(Br)ccc3-4)ncnc2cc1CO. The number of hydrogen-bond donors (Lipinski definition) is 2. The van der Waals surface area contributed by atoms with Crippen LogP contribution < -0.4 is 10.1 Å². The fourth-order valence-electron chi connectivity index (χ4n) is 3.93. The van der Waals surface area contributed by atoms with Gasteiger partial charge in [0, 0.05) is 21.1 Å². The second-order valence-electron chi connectivity index (χ2n) is 7.04. The number of methoxy groups -OCH3 is 1. The molecule has 0 spiro atoms. The molecular formula is C23H18BrN3O2. The number of aliphatic hydroxyl groups excluding tert-OH is 1. The molecule has 3 aromatic carbocycles. The maximum atomic E-state index is 9.55. The highest BCUT2D eigenvalue weighted by Gasteiger charge is 2.19. The average Bonchev–Trinajstić information content (AvgIpc) is 3.09. The molecule has 5 nitrogen and oxygen atoms in total. The molecule has 0 radical (unpaired) electrons. The third-order valence-electron chi connectivity index (χ3n) is 5.31. The quantitative estimate of drug-likeness (QED) is 0.395. The number of hydrogen-bond acceptors (Lipinski definition) is 5. The van der Waals surface area contributed by atoms with Gasteiger partial charge in [0.1, 0.15) is 17.9 Å². The monoisotopic (exact) mass is 447 g/mol. The number of fused-ring (bicyclic) bond motifs is 4. The number of aromatic nitrogens is 2. The number of benzene rings is 3. The second-order valence-corrected chi connectivity index (χ2v) is 7.95. The van der Waals surface area contributed by atoms with E-state index in [1.165, 1.54) is 28.6 Å². The molecule has 0 aliphatic heterocycles. The standard InChI is InChI=1S/C23H18BrN3O2/c1-29-22-10-20-21(9-15(22)11-28)25-12-26-23(20)27-17-3-5-19-14(8-17)6-13-7-16(24)2-4-18(13)19/h2-5,7-10,12,28H,6,11H2,1H3,(H,25,26,27). The first-order valence-electron chi connectivity index (χ1n) is 9.27. The summed E-state index contributed by atoms with van der Waals surface area (Å²) in [6.07, 6.45) is 2.44. The van der Waals surface area contributed by atoms with E-state index in [-0.39, 0.29) is 6.61 Å². The van der Waals surface area contributed by atoms with Crippen molar-refractivity contribution in [3.8, 4) is 16.9 Å². The summed E-state index contributed by atoms with van der Waals surface area (Å²) in [5.41, 5.74) is 7.63. The van der Waals surface area contributed by atoms with Crippen molar-refractivity contribution in [3.63, 3.8) is 0 Å². The third-order valence-corrected chi connectivity index (χ3v) is 5.81. The first kappa shape index (κ1) is 18.1. The minimum Gasteiger partial charge on any atom is -0.496 e. The number of halogens is 1. The Morgan fingerprint density at radius 1 is 1.03 bits per heavy atom. The number of anilines is 2. The minimum absolute atomic E-state index is 0.104. The lowest BCUT2D eigenvalue weighted by atomic mass is 10.1. The summed E-state index contributed by atoms with van der Waals surface area (Å²) >= 11 is 3.56. The largest absolute Gasteiger partial charge is 0.496 e. The molecule has 1 aliphatic carbocycles. The smallest absolute Gasteiger partial charge is 0.141 e. The van der Waals surface area contributed by atoms with Crippen LogP contribution in [0, 0.1) is 0 Å². The van der Waals surface area contributed by atoms with Gasteiger partial charge in [-0.25, -0.2) is 9.97 Å². The Morgan fingerprint density at radius 3 is 2.62 bits per heavy atom. The van der Waals surface area contributed by atoms with E-state index in [1.54, 1.807) is 7.11 Å². The van der Waals surface area contributed by atoms with Crippen LogP contribution in [0.15, 0.2) is 59.3 Å². The molecule has 0 bridgehead atoms. The Balaban J connectivity index is 1.52. The van der Waals surface area contributed by atoms with E-state index in [0.29, 0.717) is 17.1 Å². The van der Waals surface area contributed by atoms with Gasteiger partial charge in [0.2, 0.25) is 0 Å². The van der Waals surface area contributed by atoms with Crippen molar-refractivity contribution in [2.45, 2.75) is 13.0 Å². The number of nitrogens with one attached hydrogen (secondary N) is 1. The normalized spacial score (nSPS) is 12.0. The summed E-state index contributed by atoms with van der Waals surface area (Å²) in [5.74, 6) is 1.32. The van der Waals surface area contributed by atoms with Crippen molar-refractivity contribution in [2.75, 3.05) is 12.4 Å². The Labute approximate surface area is 176 Å². The Kier molecular flexibility index (Phi) is 4.45. The molecule has 0 saturated carbocycles. The summed E-state index contributed by atoms with van der Waals surface area (Å²) in [6, 6.07) is 16.5. The van der Waals surface area contributed by atoms with Crippen LogP contribution in [0.4, 0.5) is 11.5 Å². The van der Waals surface area contributed by atoms with Gasteiger partial charge in [-0.1, -0.05) is 28.1 Å². The van der Waals surface area contributed by atoms with Crippen LogP contribution >= 0.6 is 15.9 Å². The molecule has 0 saturated heterocycles. The summed E-state index contributed by atoms with van der Waals surface area (Å²) < 4.78 is 6.51. The Bertz CT molecular complexity index is 1260. The lowest BCUT2D eigenvalue weighted by Gasteiger charge is -2.12. The summed E-state index contributed by atoms with van der Waals surface area (Å²) in [5, 5.41) is 13.8. The van der Waals surface area contributed by atoms with Crippen molar-refractivity contribution >= 4 is 38.3 Å². The first-order chi connectivity index (χ1) is 14.2. The highest BCUT2D eigenvalue weighted by molar-refractivity contribution is 9.10. The Morgan fingerprint density at radius 2 is 1.83 bits per heavy atom. The topological polar surface area (TPSA) is 67.3 Å². The van der Waals surface area contributed by atoms with E-state index in [0.717, 1.165) is 27.5 Å². The van der Waals surface area contributed by atoms with Gasteiger partial charge >= 0.3 is 0 Å². The van der Waals surface area contributed by atoms with Gasteiger partial charge in [-0.2, -0.15) is 0 Å². The fourth-order valence-corrected chi connectivity index (χ4v) is 4.34. The molecule has 29 heavy (non-hydrogen) atoms. The van der Waals surface area contributed by atoms with Crippen LogP contribution in [0.1, 0.15) is 16.7 Å².